The zero-order valence-electron chi connectivity index (χ0n) is 13.1. The van der Waals surface area contributed by atoms with Gasteiger partial charge in [0.1, 0.15) is 25.0 Å². The van der Waals surface area contributed by atoms with E-state index in [2.05, 4.69) is 15.1 Å². The summed E-state index contributed by atoms with van der Waals surface area (Å²) in [4.78, 5) is 8.36. The van der Waals surface area contributed by atoms with Gasteiger partial charge in [-0.2, -0.15) is 10.4 Å². The van der Waals surface area contributed by atoms with Crippen molar-refractivity contribution in [1.82, 2.24) is 19.7 Å². The van der Waals surface area contributed by atoms with Crippen molar-refractivity contribution in [2.75, 3.05) is 13.2 Å². The summed E-state index contributed by atoms with van der Waals surface area (Å²) < 4.78 is 12.9. The van der Waals surface area contributed by atoms with Crippen molar-refractivity contribution in [3.05, 3.63) is 54.5 Å². The standard InChI is InChI=1S/C17H15N5O2/c1-22-16(5-7-21-22)15-10-14(4-6-19-15)23-8-9-24-17-3-2-13(11-18)12-20-17/h2-7,10,12H,8-9H2,1H3. The normalized spacial score (nSPS) is 10.2. The van der Waals surface area contributed by atoms with Gasteiger partial charge in [0.2, 0.25) is 5.88 Å². The van der Waals surface area contributed by atoms with Crippen LogP contribution in [0.25, 0.3) is 11.4 Å². The van der Waals surface area contributed by atoms with Crippen molar-refractivity contribution in [3.8, 4) is 29.1 Å². The van der Waals surface area contributed by atoms with Crippen LogP contribution < -0.4 is 9.47 Å². The van der Waals surface area contributed by atoms with E-state index in [1.807, 2.05) is 25.2 Å². The van der Waals surface area contributed by atoms with E-state index in [4.69, 9.17) is 14.7 Å². The first-order valence-corrected chi connectivity index (χ1v) is 7.32. The van der Waals surface area contributed by atoms with Crippen LogP contribution in [-0.4, -0.2) is 33.0 Å². The number of aromatic nitrogens is 4. The molecule has 0 radical (unpaired) electrons. The molecule has 3 aromatic rings. The van der Waals surface area contributed by atoms with Crippen molar-refractivity contribution in [2.24, 2.45) is 7.05 Å². The minimum absolute atomic E-state index is 0.349. The van der Waals surface area contributed by atoms with E-state index in [0.717, 1.165) is 11.4 Å². The fourth-order valence-corrected chi connectivity index (χ4v) is 2.10. The predicted octanol–water partition coefficient (Wildman–Crippen LogP) is 2.21. The first-order chi connectivity index (χ1) is 11.8. The number of hydrogen-bond acceptors (Lipinski definition) is 6. The summed E-state index contributed by atoms with van der Waals surface area (Å²) in [6.45, 7) is 0.721. The summed E-state index contributed by atoms with van der Waals surface area (Å²) in [6.07, 6.45) is 4.89. The monoisotopic (exact) mass is 321 g/mol. The first kappa shape index (κ1) is 15.5. The number of nitrogens with zero attached hydrogens (tertiary/aromatic N) is 5. The number of nitriles is 1. The van der Waals surface area contributed by atoms with Crippen LogP contribution in [0.5, 0.6) is 11.6 Å². The summed E-state index contributed by atoms with van der Waals surface area (Å²) in [6, 6.07) is 10.9. The van der Waals surface area contributed by atoms with E-state index >= 15 is 0 Å². The summed E-state index contributed by atoms with van der Waals surface area (Å²) in [5.41, 5.74) is 2.21. The molecular weight excluding hydrogens is 306 g/mol. The Morgan fingerprint density at radius 1 is 1.08 bits per heavy atom. The Balaban J connectivity index is 1.53. The largest absolute Gasteiger partial charge is 0.490 e. The van der Waals surface area contributed by atoms with Crippen molar-refractivity contribution in [1.29, 1.82) is 5.26 Å². The molecule has 7 nitrogen and oxygen atoms in total. The minimum Gasteiger partial charge on any atom is -0.490 e. The molecular formula is C17H15N5O2. The molecule has 3 rings (SSSR count). The highest BCUT2D eigenvalue weighted by Crippen LogP contribution is 2.20. The molecule has 0 atom stereocenters. The van der Waals surface area contributed by atoms with Gasteiger partial charge in [-0.3, -0.25) is 9.67 Å². The van der Waals surface area contributed by atoms with Gasteiger partial charge in [0.05, 0.1) is 17.0 Å². The Morgan fingerprint density at radius 2 is 1.96 bits per heavy atom. The molecule has 0 saturated heterocycles. The summed E-state index contributed by atoms with van der Waals surface area (Å²) in [5.74, 6) is 1.17. The van der Waals surface area contributed by atoms with Crippen LogP contribution in [-0.2, 0) is 7.05 Å². The lowest BCUT2D eigenvalue weighted by Gasteiger charge is -2.09. The first-order valence-electron chi connectivity index (χ1n) is 7.32. The van der Waals surface area contributed by atoms with Gasteiger partial charge in [0, 0.05) is 37.8 Å². The Kier molecular flexibility index (Phi) is 4.68. The highest BCUT2D eigenvalue weighted by molar-refractivity contribution is 5.55. The van der Waals surface area contributed by atoms with Crippen LogP contribution in [0, 0.1) is 11.3 Å². The van der Waals surface area contributed by atoms with Gasteiger partial charge in [0.15, 0.2) is 0 Å². The molecule has 0 spiro atoms. The number of ether oxygens (including phenoxy) is 2. The fraction of sp³-hybridized carbons (Fsp3) is 0.176. The average Bonchev–Trinajstić information content (AvgIpc) is 3.05. The molecule has 0 aliphatic carbocycles. The fourth-order valence-electron chi connectivity index (χ4n) is 2.10. The van der Waals surface area contributed by atoms with Gasteiger partial charge in [-0.15, -0.1) is 0 Å². The van der Waals surface area contributed by atoms with Crippen LogP contribution in [0.2, 0.25) is 0 Å². The minimum atomic E-state index is 0.349. The third kappa shape index (κ3) is 3.67. The summed E-state index contributed by atoms with van der Waals surface area (Å²) in [5, 5.41) is 12.8. The maximum absolute atomic E-state index is 8.72. The van der Waals surface area contributed by atoms with Crippen molar-refractivity contribution >= 4 is 0 Å². The molecule has 24 heavy (non-hydrogen) atoms. The molecule has 0 aliphatic heterocycles. The van der Waals surface area contributed by atoms with Crippen LogP contribution in [0.3, 0.4) is 0 Å². The van der Waals surface area contributed by atoms with E-state index in [1.54, 1.807) is 35.3 Å². The van der Waals surface area contributed by atoms with Crippen LogP contribution in [0.1, 0.15) is 5.56 Å². The van der Waals surface area contributed by atoms with Crippen LogP contribution in [0.4, 0.5) is 0 Å². The molecule has 7 heteroatoms. The van der Waals surface area contributed by atoms with Crippen molar-refractivity contribution in [2.45, 2.75) is 0 Å². The molecule has 0 unspecified atom stereocenters. The average molecular weight is 321 g/mol. The molecule has 0 bridgehead atoms. The highest BCUT2D eigenvalue weighted by atomic mass is 16.5. The van der Waals surface area contributed by atoms with Gasteiger partial charge in [-0.1, -0.05) is 0 Å². The van der Waals surface area contributed by atoms with Crippen molar-refractivity contribution < 1.29 is 9.47 Å². The van der Waals surface area contributed by atoms with Gasteiger partial charge in [-0.05, 0) is 18.2 Å². The van der Waals surface area contributed by atoms with Crippen LogP contribution >= 0.6 is 0 Å². The Morgan fingerprint density at radius 3 is 2.67 bits per heavy atom. The van der Waals surface area contributed by atoms with Gasteiger partial charge < -0.3 is 9.47 Å². The van der Waals surface area contributed by atoms with E-state index in [1.165, 1.54) is 6.20 Å². The third-order valence-corrected chi connectivity index (χ3v) is 3.28. The van der Waals surface area contributed by atoms with Gasteiger partial charge in [0.25, 0.3) is 0 Å². The second kappa shape index (κ2) is 7.24. The second-order valence-electron chi connectivity index (χ2n) is 4.91. The second-order valence-corrected chi connectivity index (χ2v) is 4.91. The van der Waals surface area contributed by atoms with E-state index in [9.17, 15) is 0 Å². The highest BCUT2D eigenvalue weighted by Gasteiger charge is 2.05. The zero-order chi connectivity index (χ0) is 16.8. The maximum atomic E-state index is 8.72. The number of pyridine rings is 2. The zero-order valence-corrected chi connectivity index (χ0v) is 13.1. The number of aryl methyl sites for hydroxylation is 1. The van der Waals surface area contributed by atoms with Crippen LogP contribution in [0.15, 0.2) is 48.9 Å². The molecule has 3 aromatic heterocycles. The predicted molar refractivity (Wildman–Crippen MR) is 86.4 cm³/mol. The smallest absolute Gasteiger partial charge is 0.213 e. The molecule has 3 heterocycles. The quantitative estimate of drug-likeness (QED) is 0.647. The van der Waals surface area contributed by atoms with Gasteiger partial charge in [-0.25, -0.2) is 4.98 Å². The molecule has 0 saturated carbocycles. The molecule has 0 aromatic carbocycles. The lowest BCUT2D eigenvalue weighted by molar-refractivity contribution is 0.212. The SMILES string of the molecule is Cn1nccc1-c1cc(OCCOc2ccc(C#N)cn2)ccn1. The summed E-state index contributed by atoms with van der Waals surface area (Å²) in [7, 11) is 1.86. The lowest BCUT2D eigenvalue weighted by atomic mass is 10.2. The Bertz CT molecular complexity index is 852. The van der Waals surface area contributed by atoms with Gasteiger partial charge >= 0.3 is 0 Å². The lowest BCUT2D eigenvalue weighted by Crippen LogP contribution is -2.09. The summed E-state index contributed by atoms with van der Waals surface area (Å²) >= 11 is 0. The molecule has 0 N–H and O–H groups in total. The topological polar surface area (TPSA) is 85.9 Å². The number of hydrogen-bond donors (Lipinski definition) is 0. The molecule has 120 valence electrons. The molecule has 0 fully saturated rings. The number of rotatable bonds is 6. The van der Waals surface area contributed by atoms with E-state index in [0.29, 0.717) is 30.4 Å². The van der Waals surface area contributed by atoms with E-state index in [-0.39, 0.29) is 0 Å². The third-order valence-electron chi connectivity index (χ3n) is 3.28. The Hall–Kier alpha value is -3.40. The Labute approximate surface area is 139 Å². The maximum Gasteiger partial charge on any atom is 0.213 e. The van der Waals surface area contributed by atoms with E-state index < -0.39 is 0 Å². The molecule has 0 aliphatic rings. The molecule has 0 amide bonds. The van der Waals surface area contributed by atoms with Crippen molar-refractivity contribution in [3.63, 3.8) is 0 Å².